The van der Waals surface area contributed by atoms with Crippen LogP contribution in [0.3, 0.4) is 0 Å². The molecular formula is C29H40N4O7. The van der Waals surface area contributed by atoms with Crippen molar-refractivity contribution in [1.82, 2.24) is 16.0 Å². The lowest BCUT2D eigenvalue weighted by molar-refractivity contribution is -0.142. The van der Waals surface area contributed by atoms with Crippen LogP contribution in [0, 0.1) is 11.8 Å². The Bertz CT molecular complexity index is 1150. The third-order valence-electron chi connectivity index (χ3n) is 6.36. The molecule has 0 fully saturated rings. The van der Waals surface area contributed by atoms with E-state index < -0.39 is 47.9 Å². The van der Waals surface area contributed by atoms with Gasteiger partial charge >= 0.3 is 5.97 Å². The van der Waals surface area contributed by atoms with Crippen LogP contribution in [0.1, 0.15) is 45.2 Å². The summed E-state index contributed by atoms with van der Waals surface area (Å²) in [5.74, 6) is -3.27. The Morgan fingerprint density at radius 1 is 0.675 bits per heavy atom. The highest BCUT2D eigenvalue weighted by molar-refractivity contribution is 5.94. The number of hydrogen-bond acceptors (Lipinski definition) is 7. The number of hydrogen-bond donors (Lipinski definition) is 7. The summed E-state index contributed by atoms with van der Waals surface area (Å²) in [6.45, 7) is 7.20. The standard InChI is InChI=1S/C29H40N4O7/c1-16(2)13-24(29(39)40)33-27(37)22(14-18-5-9-20(34)10-6-18)31-26(36)23(32-28(38)25(30)17(3)4)15-19-7-11-21(35)12-8-19/h5-12,16-17,22-25,34-35H,13-15,30H2,1-4H3,(H,31,36)(H,32,38)(H,33,37)(H,39,40). The van der Waals surface area contributed by atoms with Crippen molar-refractivity contribution in [3.63, 3.8) is 0 Å². The average molecular weight is 557 g/mol. The molecule has 218 valence electrons. The van der Waals surface area contributed by atoms with E-state index >= 15 is 0 Å². The normalized spacial score (nSPS) is 14.2. The van der Waals surface area contributed by atoms with Crippen molar-refractivity contribution in [2.75, 3.05) is 0 Å². The maximum atomic E-state index is 13.5. The first-order valence-electron chi connectivity index (χ1n) is 13.2. The zero-order valence-electron chi connectivity index (χ0n) is 23.3. The summed E-state index contributed by atoms with van der Waals surface area (Å²) >= 11 is 0. The van der Waals surface area contributed by atoms with Gasteiger partial charge in [0.25, 0.3) is 0 Å². The number of carbonyl (C=O) groups excluding carboxylic acids is 3. The number of phenolic OH excluding ortho intramolecular Hbond substituents is 2. The van der Waals surface area contributed by atoms with Crippen LogP contribution in [0.5, 0.6) is 11.5 Å². The highest BCUT2D eigenvalue weighted by Gasteiger charge is 2.31. The molecule has 0 aliphatic heterocycles. The average Bonchev–Trinajstić information content (AvgIpc) is 2.88. The van der Waals surface area contributed by atoms with Gasteiger partial charge in [0.05, 0.1) is 6.04 Å². The van der Waals surface area contributed by atoms with Crippen molar-refractivity contribution in [2.45, 2.75) is 71.1 Å². The summed E-state index contributed by atoms with van der Waals surface area (Å²) < 4.78 is 0. The number of carboxylic acid groups (broad SMARTS) is 1. The summed E-state index contributed by atoms with van der Waals surface area (Å²) in [6.07, 6.45) is 0.228. The smallest absolute Gasteiger partial charge is 0.326 e. The minimum Gasteiger partial charge on any atom is -0.508 e. The number of rotatable bonds is 14. The van der Waals surface area contributed by atoms with Crippen LogP contribution in [-0.4, -0.2) is 63.2 Å². The molecule has 0 saturated heterocycles. The van der Waals surface area contributed by atoms with Crippen LogP contribution in [-0.2, 0) is 32.0 Å². The molecule has 0 radical (unpaired) electrons. The van der Waals surface area contributed by atoms with Crippen molar-refractivity contribution in [3.8, 4) is 11.5 Å². The SMILES string of the molecule is CC(C)CC(NC(=O)C(Cc1ccc(O)cc1)NC(=O)C(Cc1ccc(O)cc1)NC(=O)C(N)C(C)C)C(=O)O. The lowest BCUT2D eigenvalue weighted by Crippen LogP contribution is -2.58. The molecule has 4 atom stereocenters. The third-order valence-corrected chi connectivity index (χ3v) is 6.36. The lowest BCUT2D eigenvalue weighted by atomic mass is 9.99. The molecule has 0 saturated carbocycles. The fourth-order valence-corrected chi connectivity index (χ4v) is 3.96. The predicted octanol–water partition coefficient (Wildman–Crippen LogP) is 1.45. The van der Waals surface area contributed by atoms with E-state index in [9.17, 15) is 34.5 Å². The van der Waals surface area contributed by atoms with Crippen LogP contribution >= 0.6 is 0 Å². The van der Waals surface area contributed by atoms with Crippen molar-refractivity contribution >= 4 is 23.7 Å². The zero-order valence-corrected chi connectivity index (χ0v) is 23.3. The van der Waals surface area contributed by atoms with E-state index in [1.807, 2.05) is 13.8 Å². The van der Waals surface area contributed by atoms with Gasteiger partial charge in [-0.05, 0) is 53.6 Å². The topological polar surface area (TPSA) is 191 Å². The van der Waals surface area contributed by atoms with Gasteiger partial charge < -0.3 is 37.0 Å². The minimum atomic E-state index is -1.20. The Morgan fingerprint density at radius 2 is 1.05 bits per heavy atom. The van der Waals surface area contributed by atoms with Crippen molar-refractivity contribution in [3.05, 3.63) is 59.7 Å². The second-order valence-electron chi connectivity index (χ2n) is 10.7. The Morgan fingerprint density at radius 3 is 1.40 bits per heavy atom. The van der Waals surface area contributed by atoms with Gasteiger partial charge in [-0.3, -0.25) is 14.4 Å². The predicted molar refractivity (Wildman–Crippen MR) is 149 cm³/mol. The lowest BCUT2D eigenvalue weighted by Gasteiger charge is -2.26. The molecule has 8 N–H and O–H groups in total. The number of phenols is 2. The van der Waals surface area contributed by atoms with E-state index in [1.54, 1.807) is 38.1 Å². The van der Waals surface area contributed by atoms with Gasteiger partial charge in [-0.1, -0.05) is 52.0 Å². The molecule has 2 aromatic rings. The first-order valence-corrected chi connectivity index (χ1v) is 13.2. The second kappa shape index (κ2) is 14.9. The fourth-order valence-electron chi connectivity index (χ4n) is 3.96. The molecule has 11 heteroatoms. The van der Waals surface area contributed by atoms with Gasteiger partial charge in [0.15, 0.2) is 0 Å². The van der Waals surface area contributed by atoms with E-state index in [2.05, 4.69) is 16.0 Å². The number of nitrogens with two attached hydrogens (primary N) is 1. The van der Waals surface area contributed by atoms with Crippen LogP contribution in [0.4, 0.5) is 0 Å². The molecule has 0 aliphatic carbocycles. The highest BCUT2D eigenvalue weighted by atomic mass is 16.4. The quantitative estimate of drug-likeness (QED) is 0.182. The Kier molecular flexibility index (Phi) is 11.9. The molecule has 0 bridgehead atoms. The molecule has 0 aromatic heterocycles. The van der Waals surface area contributed by atoms with Gasteiger partial charge in [0, 0.05) is 12.8 Å². The molecule has 0 spiro atoms. The number of carboxylic acids is 1. The number of amides is 3. The van der Waals surface area contributed by atoms with Crippen LogP contribution in [0.25, 0.3) is 0 Å². The number of nitrogens with one attached hydrogen (secondary N) is 3. The molecule has 0 aliphatic rings. The monoisotopic (exact) mass is 556 g/mol. The zero-order chi connectivity index (χ0) is 30.0. The molecule has 2 aromatic carbocycles. The molecule has 11 nitrogen and oxygen atoms in total. The minimum absolute atomic E-state index is 0.00272. The molecular weight excluding hydrogens is 516 g/mol. The van der Waals surface area contributed by atoms with Crippen LogP contribution < -0.4 is 21.7 Å². The van der Waals surface area contributed by atoms with Crippen molar-refractivity contribution < 1.29 is 34.5 Å². The van der Waals surface area contributed by atoms with E-state index in [0.717, 1.165) is 0 Å². The first kappa shape index (κ1) is 32.1. The largest absolute Gasteiger partial charge is 0.508 e. The molecule has 4 unspecified atom stereocenters. The van der Waals surface area contributed by atoms with E-state index in [4.69, 9.17) is 5.73 Å². The number of aromatic hydroxyl groups is 2. The summed E-state index contributed by atoms with van der Waals surface area (Å²) in [6, 6.07) is 7.81. The van der Waals surface area contributed by atoms with Gasteiger partial charge in [-0.2, -0.15) is 0 Å². The maximum Gasteiger partial charge on any atom is 0.326 e. The summed E-state index contributed by atoms with van der Waals surface area (Å²) in [5.41, 5.74) is 7.24. The molecule has 40 heavy (non-hydrogen) atoms. The first-order chi connectivity index (χ1) is 18.8. The van der Waals surface area contributed by atoms with E-state index in [0.29, 0.717) is 11.1 Å². The Labute approximate surface area is 234 Å². The molecule has 0 heterocycles. The summed E-state index contributed by atoms with van der Waals surface area (Å²) in [4.78, 5) is 51.4. The highest BCUT2D eigenvalue weighted by Crippen LogP contribution is 2.14. The van der Waals surface area contributed by atoms with Crippen molar-refractivity contribution in [1.29, 1.82) is 0 Å². The van der Waals surface area contributed by atoms with Gasteiger partial charge in [-0.25, -0.2) is 4.79 Å². The van der Waals surface area contributed by atoms with E-state index in [1.165, 1.54) is 24.3 Å². The summed E-state index contributed by atoms with van der Waals surface area (Å²) in [5, 5.41) is 36.7. The fraction of sp³-hybridized carbons (Fsp3) is 0.448. The maximum absolute atomic E-state index is 13.5. The van der Waals surface area contributed by atoms with Crippen LogP contribution in [0.2, 0.25) is 0 Å². The van der Waals surface area contributed by atoms with E-state index in [-0.39, 0.29) is 42.6 Å². The Balaban J connectivity index is 2.35. The summed E-state index contributed by atoms with van der Waals surface area (Å²) in [7, 11) is 0. The van der Waals surface area contributed by atoms with Crippen molar-refractivity contribution in [2.24, 2.45) is 17.6 Å². The van der Waals surface area contributed by atoms with Gasteiger partial charge in [0.1, 0.15) is 29.6 Å². The number of aliphatic carboxylic acids is 1. The molecule has 3 amide bonds. The molecule has 2 rings (SSSR count). The number of carbonyl (C=O) groups is 4. The number of benzene rings is 2. The van der Waals surface area contributed by atoms with Crippen LogP contribution in [0.15, 0.2) is 48.5 Å². The Hall–Kier alpha value is -4.12. The van der Waals surface area contributed by atoms with Gasteiger partial charge in [-0.15, -0.1) is 0 Å². The second-order valence-corrected chi connectivity index (χ2v) is 10.7. The van der Waals surface area contributed by atoms with Gasteiger partial charge in [0.2, 0.25) is 17.7 Å². The third kappa shape index (κ3) is 10.2.